The zero-order chi connectivity index (χ0) is 35.8. The lowest BCUT2D eigenvalue weighted by Crippen LogP contribution is -2.79. The number of rotatable bonds is 8. The predicted octanol–water partition coefficient (Wildman–Crippen LogP) is 8.42. The number of methoxy groups -OCH3 is 1. The fraction of sp³-hybridized carbons (Fsp3) is 0.600. The number of aromatic nitrogens is 2. The minimum atomic E-state index is -1.05. The highest BCUT2D eigenvalue weighted by atomic mass is 32.1. The molecule has 0 bridgehead atoms. The second-order valence-electron chi connectivity index (χ2n) is 16.1. The molecule has 6 rings (SSSR count). The fourth-order valence-corrected chi connectivity index (χ4v) is 8.91. The molecule has 1 saturated heterocycles. The number of aliphatic hydroxyl groups is 1. The first-order chi connectivity index (χ1) is 23.8. The van der Waals surface area contributed by atoms with E-state index >= 15 is 0 Å². The molecule has 2 atom stereocenters. The maximum absolute atomic E-state index is 14.7. The molecular formula is C40H54N4O5S. The average Bonchev–Trinajstić information content (AvgIpc) is 3.61. The first kappa shape index (κ1) is 36.3. The molecule has 2 saturated carbocycles. The van der Waals surface area contributed by atoms with Crippen LogP contribution in [-0.2, 0) is 14.9 Å². The summed E-state index contributed by atoms with van der Waals surface area (Å²) in [6.45, 7) is 12.6. The summed E-state index contributed by atoms with van der Waals surface area (Å²) in [5.41, 5.74) is 2.39. The van der Waals surface area contributed by atoms with Gasteiger partial charge in [0.25, 0.3) is 5.91 Å². The van der Waals surface area contributed by atoms with Gasteiger partial charge in [-0.05, 0) is 119 Å². The number of likely N-dealkylation sites (tertiary alicyclic amines) is 1. The molecule has 10 heteroatoms. The minimum absolute atomic E-state index is 0.0764. The summed E-state index contributed by atoms with van der Waals surface area (Å²) in [4.78, 5) is 42.0. The molecule has 3 aliphatic rings. The van der Waals surface area contributed by atoms with Gasteiger partial charge in [-0.2, -0.15) is 0 Å². The van der Waals surface area contributed by atoms with E-state index in [-0.39, 0.29) is 23.3 Å². The second-order valence-corrected chi connectivity index (χ2v) is 17.2. The zero-order valence-electron chi connectivity index (χ0n) is 30.8. The third-order valence-electron chi connectivity index (χ3n) is 11.1. The second kappa shape index (κ2) is 14.6. The summed E-state index contributed by atoms with van der Waals surface area (Å²) < 4.78 is 11.4. The maximum atomic E-state index is 14.7. The molecule has 3 fully saturated rings. The number of hydrogen-bond acceptors (Lipinski definition) is 8. The summed E-state index contributed by atoms with van der Waals surface area (Å²) in [5.74, 6) is 1.78. The van der Waals surface area contributed by atoms with Gasteiger partial charge in [0.05, 0.1) is 22.5 Å². The number of benzene rings is 1. The zero-order valence-corrected chi connectivity index (χ0v) is 31.6. The summed E-state index contributed by atoms with van der Waals surface area (Å²) in [5, 5.41) is 12.5. The summed E-state index contributed by atoms with van der Waals surface area (Å²) in [6, 6.07) is 9.31. The van der Waals surface area contributed by atoms with Gasteiger partial charge in [0.2, 0.25) is 0 Å². The van der Waals surface area contributed by atoms with Crippen molar-refractivity contribution in [3.63, 3.8) is 0 Å². The van der Waals surface area contributed by atoms with Crippen LogP contribution >= 0.6 is 11.3 Å². The lowest BCUT2D eigenvalue weighted by Gasteiger charge is -2.57. The number of ether oxygens (including phenoxy) is 2. The Hall–Kier alpha value is -3.50. The highest BCUT2D eigenvalue weighted by Gasteiger charge is 2.61. The molecule has 1 aliphatic heterocycles. The van der Waals surface area contributed by atoms with Gasteiger partial charge in [-0.3, -0.25) is 14.6 Å². The normalized spacial score (nSPS) is 24.0. The largest absolute Gasteiger partial charge is 0.496 e. The summed E-state index contributed by atoms with van der Waals surface area (Å²) in [6.07, 6.45) is 10.7. The van der Waals surface area contributed by atoms with Gasteiger partial charge >= 0.3 is 6.09 Å². The van der Waals surface area contributed by atoms with E-state index < -0.39 is 23.8 Å². The first-order valence-electron chi connectivity index (χ1n) is 18.3. The highest BCUT2D eigenvalue weighted by molar-refractivity contribution is 7.15. The lowest BCUT2D eigenvalue weighted by molar-refractivity contribution is -0.171. The molecule has 50 heavy (non-hydrogen) atoms. The number of pyridine rings is 1. The van der Waals surface area contributed by atoms with Gasteiger partial charge in [-0.1, -0.05) is 39.3 Å². The van der Waals surface area contributed by atoms with Crippen LogP contribution in [-0.4, -0.2) is 69.4 Å². The molecule has 2 aliphatic carbocycles. The van der Waals surface area contributed by atoms with Crippen LogP contribution in [0, 0.1) is 12.8 Å². The van der Waals surface area contributed by atoms with Crippen LogP contribution in [0.4, 0.5) is 10.6 Å². The Kier molecular flexibility index (Phi) is 10.6. The van der Waals surface area contributed by atoms with E-state index in [9.17, 15) is 14.7 Å². The van der Waals surface area contributed by atoms with Crippen molar-refractivity contribution in [1.29, 1.82) is 0 Å². The Morgan fingerprint density at radius 1 is 1.02 bits per heavy atom. The molecule has 3 heterocycles. The Bertz CT molecular complexity index is 1670. The minimum Gasteiger partial charge on any atom is -0.496 e. The molecule has 2 aromatic heterocycles. The van der Waals surface area contributed by atoms with E-state index in [0.717, 1.165) is 84.5 Å². The Balaban J connectivity index is 1.26. The molecule has 2 amide bonds. The van der Waals surface area contributed by atoms with Crippen LogP contribution in [0.2, 0.25) is 0 Å². The smallest absolute Gasteiger partial charge is 0.411 e. The molecule has 3 aromatic rings. The van der Waals surface area contributed by atoms with Crippen LogP contribution in [0.5, 0.6) is 5.75 Å². The third kappa shape index (κ3) is 7.42. The quantitative estimate of drug-likeness (QED) is 0.251. The maximum Gasteiger partial charge on any atom is 0.411 e. The van der Waals surface area contributed by atoms with Crippen molar-refractivity contribution < 1.29 is 24.2 Å². The van der Waals surface area contributed by atoms with Crippen LogP contribution in [0.15, 0.2) is 42.7 Å². The van der Waals surface area contributed by atoms with E-state index in [4.69, 9.17) is 14.5 Å². The van der Waals surface area contributed by atoms with Crippen LogP contribution in [0.1, 0.15) is 114 Å². The highest BCUT2D eigenvalue weighted by Crippen LogP contribution is 2.42. The fourth-order valence-electron chi connectivity index (χ4n) is 7.94. The van der Waals surface area contributed by atoms with E-state index in [2.05, 4.69) is 50.9 Å². The predicted molar refractivity (Wildman–Crippen MR) is 198 cm³/mol. The monoisotopic (exact) mass is 702 g/mol. The summed E-state index contributed by atoms with van der Waals surface area (Å²) in [7, 11) is 1.70. The average molecular weight is 703 g/mol. The van der Waals surface area contributed by atoms with Crippen molar-refractivity contribution in [2.45, 2.75) is 134 Å². The topological polar surface area (TPSA) is 105 Å². The summed E-state index contributed by atoms with van der Waals surface area (Å²) >= 11 is 1.64. The molecule has 0 spiro atoms. The van der Waals surface area contributed by atoms with Crippen molar-refractivity contribution in [2.75, 3.05) is 18.6 Å². The van der Waals surface area contributed by atoms with E-state index in [0.29, 0.717) is 18.3 Å². The number of hydrogen-bond donors (Lipinski definition) is 1. The number of aryl methyl sites for hydroxylation is 1. The van der Waals surface area contributed by atoms with Gasteiger partial charge in [0, 0.05) is 24.4 Å². The van der Waals surface area contributed by atoms with Crippen molar-refractivity contribution in [3.8, 4) is 16.2 Å². The number of carbonyl (C=O) groups excluding carboxylic acids is 2. The number of anilines is 1. The number of thiazole rings is 1. The number of nitrogens with zero attached hydrogens (tertiary/aromatic N) is 4. The van der Waals surface area contributed by atoms with Crippen LogP contribution in [0.3, 0.4) is 0 Å². The van der Waals surface area contributed by atoms with Crippen molar-refractivity contribution in [1.82, 2.24) is 14.9 Å². The SMILES string of the molecule is COc1ccc(C2CCC(CN(C(=O)C3C(O)C(C)(C)N3C(=O)OC3CCCCC3)c3cc(-c4cnc(C(C)(C)C)s4)ccn3)CC2)cc1C. The molecular weight excluding hydrogens is 649 g/mol. The standard InChI is InChI=1S/C40H54N4O5S/c1-25-21-28(17-18-31(25)48-7)27-15-13-26(14-16-27)24-43(33-22-29(19-20-41-33)32-23-42-37(50-32)39(2,3)4)36(46)34-35(45)40(5,6)44(34)38(47)49-30-11-9-8-10-12-30/h17-23,26-27,30,34-35,45H,8-16,24H2,1-7H3. The number of amides is 2. The molecule has 270 valence electrons. The van der Waals surface area contributed by atoms with Gasteiger partial charge in [0.15, 0.2) is 0 Å². The van der Waals surface area contributed by atoms with E-state index in [1.807, 2.05) is 18.3 Å². The Morgan fingerprint density at radius 2 is 1.74 bits per heavy atom. The molecule has 1 N–H and O–H groups in total. The Labute approximate surface area is 301 Å². The third-order valence-corrected chi connectivity index (χ3v) is 12.6. The molecule has 1 aromatic carbocycles. The molecule has 9 nitrogen and oxygen atoms in total. The number of aliphatic hydroxyl groups excluding tert-OH is 1. The van der Waals surface area contributed by atoms with Gasteiger partial charge < -0.3 is 14.6 Å². The van der Waals surface area contributed by atoms with Gasteiger partial charge in [-0.15, -0.1) is 11.3 Å². The Morgan fingerprint density at radius 3 is 2.38 bits per heavy atom. The van der Waals surface area contributed by atoms with Crippen molar-refractivity contribution in [2.24, 2.45) is 5.92 Å². The lowest BCUT2D eigenvalue weighted by atomic mass is 9.76. The van der Waals surface area contributed by atoms with Gasteiger partial charge in [-0.25, -0.2) is 14.8 Å². The van der Waals surface area contributed by atoms with E-state index in [1.165, 1.54) is 10.5 Å². The van der Waals surface area contributed by atoms with Crippen LogP contribution < -0.4 is 9.64 Å². The van der Waals surface area contributed by atoms with Crippen molar-refractivity contribution in [3.05, 3.63) is 58.9 Å². The van der Waals surface area contributed by atoms with Gasteiger partial charge in [0.1, 0.15) is 29.8 Å². The molecule has 2 unspecified atom stereocenters. The van der Waals surface area contributed by atoms with Crippen molar-refractivity contribution >= 4 is 29.2 Å². The number of carbonyl (C=O) groups is 2. The van der Waals surface area contributed by atoms with Crippen LogP contribution in [0.25, 0.3) is 10.4 Å². The first-order valence-corrected chi connectivity index (χ1v) is 19.2. The van der Waals surface area contributed by atoms with E-state index in [1.54, 1.807) is 43.4 Å². The molecule has 0 radical (unpaired) electrons.